The number of aliphatic imine (C=N–C) groups is 1. The molecule has 1 saturated heterocycles. The van der Waals surface area contributed by atoms with Gasteiger partial charge in [-0.3, -0.25) is 4.79 Å². The minimum atomic E-state index is -0.413. The second-order valence-corrected chi connectivity index (χ2v) is 6.85. The van der Waals surface area contributed by atoms with E-state index in [1.165, 1.54) is 0 Å². The molecule has 148 valence electrons. The summed E-state index contributed by atoms with van der Waals surface area (Å²) in [5.74, 6) is 1.43. The van der Waals surface area contributed by atoms with Crippen LogP contribution in [0.25, 0.3) is 0 Å². The summed E-state index contributed by atoms with van der Waals surface area (Å²) >= 11 is 0. The number of nitrogens with zero attached hydrogens (tertiary/aromatic N) is 2. The number of hydrogen-bond acceptors (Lipinski definition) is 3. The predicted molar refractivity (Wildman–Crippen MR) is 111 cm³/mol. The minimum absolute atomic E-state index is 0.239. The van der Waals surface area contributed by atoms with E-state index in [-0.39, 0.29) is 6.10 Å². The third-order valence-corrected chi connectivity index (χ3v) is 4.77. The normalized spacial score (nSPS) is 15.3. The standard InChI is InChI=1S/C22H28N4O2/c1-2-24-22(25-16-17-8-10-18(11-9-17)21(23)27)26-14-12-20(13-15-26)28-19-6-4-3-5-7-19/h3-11,20H,2,12-16H2,1H3,(H2,23,27)(H,24,25). The second-order valence-electron chi connectivity index (χ2n) is 6.85. The van der Waals surface area contributed by atoms with Gasteiger partial charge in [0.15, 0.2) is 5.96 Å². The fourth-order valence-corrected chi connectivity index (χ4v) is 3.24. The molecule has 6 heteroatoms. The summed E-state index contributed by atoms with van der Waals surface area (Å²) in [5, 5.41) is 3.38. The molecular weight excluding hydrogens is 352 g/mol. The van der Waals surface area contributed by atoms with Gasteiger partial charge in [-0.1, -0.05) is 30.3 Å². The number of rotatable bonds is 6. The van der Waals surface area contributed by atoms with Gasteiger partial charge >= 0.3 is 0 Å². The minimum Gasteiger partial charge on any atom is -0.490 e. The first-order valence-corrected chi connectivity index (χ1v) is 9.79. The summed E-state index contributed by atoms with van der Waals surface area (Å²) in [6.45, 7) is 5.26. The van der Waals surface area contributed by atoms with Crippen LogP contribution in [0.5, 0.6) is 5.75 Å². The number of para-hydroxylation sites is 1. The maximum atomic E-state index is 11.2. The molecule has 6 nitrogen and oxygen atoms in total. The number of primary amides is 1. The number of nitrogens with one attached hydrogen (secondary N) is 1. The van der Waals surface area contributed by atoms with E-state index in [0.717, 1.165) is 49.7 Å². The molecule has 0 atom stereocenters. The van der Waals surface area contributed by atoms with Crippen LogP contribution in [0.1, 0.15) is 35.7 Å². The average Bonchev–Trinajstić information content (AvgIpc) is 2.73. The summed E-state index contributed by atoms with van der Waals surface area (Å²) < 4.78 is 6.08. The highest BCUT2D eigenvalue weighted by Gasteiger charge is 2.22. The van der Waals surface area contributed by atoms with E-state index in [4.69, 9.17) is 15.5 Å². The van der Waals surface area contributed by atoms with Crippen molar-refractivity contribution in [3.63, 3.8) is 0 Å². The van der Waals surface area contributed by atoms with E-state index in [2.05, 4.69) is 17.1 Å². The zero-order valence-electron chi connectivity index (χ0n) is 16.3. The SMILES string of the molecule is CCNC(=NCc1ccc(C(N)=O)cc1)N1CCC(Oc2ccccc2)CC1. The number of amides is 1. The van der Waals surface area contributed by atoms with E-state index in [1.807, 2.05) is 42.5 Å². The van der Waals surface area contributed by atoms with Crippen LogP contribution >= 0.6 is 0 Å². The highest BCUT2D eigenvalue weighted by molar-refractivity contribution is 5.92. The van der Waals surface area contributed by atoms with Crippen molar-refractivity contribution in [3.8, 4) is 5.75 Å². The number of carbonyl (C=O) groups excluding carboxylic acids is 1. The summed E-state index contributed by atoms with van der Waals surface area (Å²) in [6.07, 6.45) is 2.17. The molecule has 2 aromatic rings. The van der Waals surface area contributed by atoms with Crippen LogP contribution < -0.4 is 15.8 Å². The van der Waals surface area contributed by atoms with Crippen LogP contribution in [-0.2, 0) is 6.54 Å². The summed E-state index contributed by atoms with van der Waals surface area (Å²) in [5.41, 5.74) is 6.85. The van der Waals surface area contributed by atoms with Crippen molar-refractivity contribution >= 4 is 11.9 Å². The molecule has 0 unspecified atom stereocenters. The van der Waals surface area contributed by atoms with Gasteiger partial charge in [0.2, 0.25) is 5.91 Å². The molecule has 0 saturated carbocycles. The number of benzene rings is 2. The highest BCUT2D eigenvalue weighted by atomic mass is 16.5. The number of hydrogen-bond donors (Lipinski definition) is 2. The number of carbonyl (C=O) groups is 1. The maximum Gasteiger partial charge on any atom is 0.248 e. The van der Waals surface area contributed by atoms with Gasteiger partial charge in [0, 0.05) is 38.0 Å². The fraction of sp³-hybridized carbons (Fsp3) is 0.364. The smallest absolute Gasteiger partial charge is 0.248 e. The molecule has 1 aliphatic rings. The lowest BCUT2D eigenvalue weighted by Gasteiger charge is -2.34. The molecule has 2 aromatic carbocycles. The first-order chi connectivity index (χ1) is 13.7. The quantitative estimate of drug-likeness (QED) is 0.597. The molecular formula is C22H28N4O2. The third kappa shape index (κ3) is 5.49. The zero-order chi connectivity index (χ0) is 19.8. The fourth-order valence-electron chi connectivity index (χ4n) is 3.24. The van der Waals surface area contributed by atoms with Crippen molar-refractivity contribution < 1.29 is 9.53 Å². The van der Waals surface area contributed by atoms with Gasteiger partial charge in [-0.15, -0.1) is 0 Å². The first kappa shape index (κ1) is 19.7. The molecule has 0 aromatic heterocycles. The topological polar surface area (TPSA) is 79.9 Å². The Labute approximate surface area is 166 Å². The average molecular weight is 380 g/mol. The predicted octanol–water partition coefficient (Wildman–Crippen LogP) is 2.79. The van der Waals surface area contributed by atoms with Gasteiger partial charge in [0.1, 0.15) is 11.9 Å². The number of guanidine groups is 1. The van der Waals surface area contributed by atoms with Crippen molar-refractivity contribution in [1.29, 1.82) is 0 Å². The van der Waals surface area contributed by atoms with Crippen molar-refractivity contribution in [2.24, 2.45) is 10.7 Å². The summed E-state index contributed by atoms with van der Waals surface area (Å²) in [4.78, 5) is 18.2. The monoisotopic (exact) mass is 380 g/mol. The lowest BCUT2D eigenvalue weighted by Crippen LogP contribution is -2.47. The number of nitrogens with two attached hydrogens (primary N) is 1. The summed E-state index contributed by atoms with van der Waals surface area (Å²) in [7, 11) is 0. The number of likely N-dealkylation sites (tertiary alicyclic amines) is 1. The van der Waals surface area contributed by atoms with Crippen molar-refractivity contribution in [2.45, 2.75) is 32.4 Å². The molecule has 0 radical (unpaired) electrons. The molecule has 3 N–H and O–H groups in total. The van der Waals surface area contributed by atoms with Gasteiger partial charge in [0.25, 0.3) is 0 Å². The van der Waals surface area contributed by atoms with E-state index in [9.17, 15) is 4.79 Å². The van der Waals surface area contributed by atoms with Gasteiger partial charge in [-0.05, 0) is 36.8 Å². The van der Waals surface area contributed by atoms with E-state index < -0.39 is 5.91 Å². The van der Waals surface area contributed by atoms with Crippen LogP contribution in [0.15, 0.2) is 59.6 Å². The lowest BCUT2D eigenvalue weighted by atomic mass is 10.1. The molecule has 0 aliphatic carbocycles. The van der Waals surface area contributed by atoms with Gasteiger partial charge < -0.3 is 20.7 Å². The molecule has 1 amide bonds. The van der Waals surface area contributed by atoms with E-state index >= 15 is 0 Å². The molecule has 3 rings (SSSR count). The van der Waals surface area contributed by atoms with Gasteiger partial charge in [-0.2, -0.15) is 0 Å². The van der Waals surface area contributed by atoms with Crippen molar-refractivity contribution in [3.05, 3.63) is 65.7 Å². The number of ether oxygens (including phenoxy) is 1. The van der Waals surface area contributed by atoms with E-state index in [1.54, 1.807) is 12.1 Å². The van der Waals surface area contributed by atoms with Crippen LogP contribution in [-0.4, -0.2) is 42.5 Å². The molecule has 28 heavy (non-hydrogen) atoms. The van der Waals surface area contributed by atoms with Crippen LogP contribution in [0.2, 0.25) is 0 Å². The Morgan fingerprint density at radius 3 is 2.43 bits per heavy atom. The van der Waals surface area contributed by atoms with Crippen LogP contribution in [0, 0.1) is 0 Å². The molecule has 0 spiro atoms. The Morgan fingerprint density at radius 1 is 1.14 bits per heavy atom. The molecule has 0 bridgehead atoms. The van der Waals surface area contributed by atoms with E-state index in [0.29, 0.717) is 12.1 Å². The Kier molecular flexibility index (Phi) is 6.89. The van der Waals surface area contributed by atoms with Gasteiger partial charge in [-0.25, -0.2) is 4.99 Å². The largest absolute Gasteiger partial charge is 0.490 e. The third-order valence-electron chi connectivity index (χ3n) is 4.77. The molecule has 1 heterocycles. The lowest BCUT2D eigenvalue weighted by molar-refractivity contribution is 0.1000. The second kappa shape index (κ2) is 9.78. The van der Waals surface area contributed by atoms with Crippen LogP contribution in [0.3, 0.4) is 0 Å². The Bertz CT molecular complexity index is 782. The first-order valence-electron chi connectivity index (χ1n) is 9.79. The number of piperidine rings is 1. The highest BCUT2D eigenvalue weighted by Crippen LogP contribution is 2.19. The zero-order valence-corrected chi connectivity index (χ0v) is 16.3. The van der Waals surface area contributed by atoms with Crippen LogP contribution in [0.4, 0.5) is 0 Å². The molecule has 1 aliphatic heterocycles. The van der Waals surface area contributed by atoms with Gasteiger partial charge in [0.05, 0.1) is 6.54 Å². The Morgan fingerprint density at radius 2 is 1.82 bits per heavy atom. The van der Waals surface area contributed by atoms with Crippen molar-refractivity contribution in [2.75, 3.05) is 19.6 Å². The summed E-state index contributed by atoms with van der Waals surface area (Å²) in [6, 6.07) is 17.3. The maximum absolute atomic E-state index is 11.2. The molecule has 1 fully saturated rings. The Balaban J connectivity index is 1.56. The Hall–Kier alpha value is -3.02. The van der Waals surface area contributed by atoms with Crippen molar-refractivity contribution in [1.82, 2.24) is 10.2 Å².